The van der Waals surface area contributed by atoms with Crippen molar-refractivity contribution in [1.29, 1.82) is 5.26 Å². The van der Waals surface area contributed by atoms with Crippen molar-refractivity contribution in [3.8, 4) is 11.8 Å². The summed E-state index contributed by atoms with van der Waals surface area (Å²) < 4.78 is 5.76. The number of ether oxygens (including phenoxy) is 1. The highest BCUT2D eigenvalue weighted by atomic mass is 16.5. The van der Waals surface area contributed by atoms with Gasteiger partial charge in [-0.25, -0.2) is 0 Å². The minimum atomic E-state index is -0.716. The van der Waals surface area contributed by atoms with E-state index in [0.717, 1.165) is 16.1 Å². The first-order valence-corrected chi connectivity index (χ1v) is 8.28. The zero-order valence-electron chi connectivity index (χ0n) is 13.6. The van der Waals surface area contributed by atoms with E-state index in [4.69, 9.17) is 4.74 Å². The van der Waals surface area contributed by atoms with E-state index in [1.165, 1.54) is 0 Å². The van der Waals surface area contributed by atoms with Gasteiger partial charge in [0.25, 0.3) is 11.8 Å². The molecule has 2 aromatic carbocycles. The normalized spacial score (nSPS) is 23.7. The summed E-state index contributed by atoms with van der Waals surface area (Å²) in [5, 5.41) is 12.4. The van der Waals surface area contributed by atoms with Crippen molar-refractivity contribution in [2.75, 3.05) is 6.61 Å². The maximum atomic E-state index is 12.9. The molecule has 0 fully saturated rings. The third-order valence-electron chi connectivity index (χ3n) is 5.02. The predicted octanol–water partition coefficient (Wildman–Crippen LogP) is 2.47. The molecule has 3 aliphatic rings. The van der Waals surface area contributed by atoms with E-state index in [-0.39, 0.29) is 6.04 Å². The summed E-state index contributed by atoms with van der Waals surface area (Å²) in [7, 11) is 0. The number of para-hydroxylation sites is 1. The highest BCUT2D eigenvalue weighted by Gasteiger charge is 2.49. The second-order valence-electron chi connectivity index (χ2n) is 6.39. The highest BCUT2D eigenvalue weighted by molar-refractivity contribution is 6.21. The van der Waals surface area contributed by atoms with Gasteiger partial charge in [-0.3, -0.25) is 9.59 Å². The zero-order chi connectivity index (χ0) is 17.8. The molecule has 3 heterocycles. The second-order valence-corrected chi connectivity index (χ2v) is 6.39. The van der Waals surface area contributed by atoms with E-state index >= 15 is 0 Å². The summed E-state index contributed by atoms with van der Waals surface area (Å²) in [6.07, 6.45) is 1.78. The molecule has 6 heteroatoms. The van der Waals surface area contributed by atoms with Gasteiger partial charge < -0.3 is 4.74 Å². The molecule has 0 saturated carbocycles. The molecule has 126 valence electrons. The number of nitrogens with zero attached hydrogens (tertiary/aromatic N) is 3. The number of benzene rings is 2. The summed E-state index contributed by atoms with van der Waals surface area (Å²) in [6, 6.07) is 15.3. The summed E-state index contributed by atoms with van der Waals surface area (Å²) in [4.78, 5) is 25.9. The Labute approximate surface area is 149 Å². The van der Waals surface area contributed by atoms with Gasteiger partial charge >= 0.3 is 0 Å². The van der Waals surface area contributed by atoms with Crippen LogP contribution >= 0.6 is 0 Å². The van der Waals surface area contributed by atoms with E-state index in [9.17, 15) is 14.9 Å². The van der Waals surface area contributed by atoms with Crippen LogP contribution in [0.4, 0.5) is 0 Å². The van der Waals surface area contributed by atoms with E-state index in [2.05, 4.69) is 6.07 Å². The fourth-order valence-electron chi connectivity index (χ4n) is 3.89. The Morgan fingerprint density at radius 1 is 1.00 bits per heavy atom. The van der Waals surface area contributed by atoms with Crippen LogP contribution in [0.1, 0.15) is 32.3 Å². The number of hydrogen-bond acceptors (Lipinski definition) is 5. The molecular weight excluding hydrogens is 330 g/mol. The molecule has 0 aliphatic carbocycles. The smallest absolute Gasteiger partial charge is 0.276 e. The summed E-state index contributed by atoms with van der Waals surface area (Å²) in [6.45, 7) is 0.333. The lowest BCUT2D eigenvalue weighted by molar-refractivity contribution is -0.0157. The van der Waals surface area contributed by atoms with Gasteiger partial charge in [0.1, 0.15) is 18.4 Å². The van der Waals surface area contributed by atoms with E-state index in [0.29, 0.717) is 23.5 Å². The van der Waals surface area contributed by atoms with Gasteiger partial charge in [-0.2, -0.15) is 15.3 Å². The van der Waals surface area contributed by atoms with Crippen LogP contribution in [-0.4, -0.2) is 34.5 Å². The van der Waals surface area contributed by atoms with Crippen molar-refractivity contribution in [1.82, 2.24) is 10.0 Å². The topological polar surface area (TPSA) is 73.6 Å². The Balaban J connectivity index is 1.65. The Morgan fingerprint density at radius 3 is 2.35 bits per heavy atom. The minimum absolute atomic E-state index is 0.333. The number of hydrazine groups is 1. The fraction of sp³-hybridized carbons (Fsp3) is 0.150. The number of fused-ring (bicyclic) bond motifs is 4. The quantitative estimate of drug-likeness (QED) is 0.587. The van der Waals surface area contributed by atoms with Crippen LogP contribution in [0.3, 0.4) is 0 Å². The standard InChI is InChI=1S/C20H13N3O3/c21-10-13-9-12-11-26-17-8-4-3-7-16(17)18(12)22(13)23-19(24)14-5-1-2-6-15(14)20(23)25/h1-9,13,18H,11H2/t13-,18+/m0/s1. The number of amides is 2. The van der Waals surface area contributed by atoms with Crippen LogP contribution in [0.15, 0.2) is 60.2 Å². The molecule has 6 nitrogen and oxygen atoms in total. The molecule has 0 saturated heterocycles. The van der Waals surface area contributed by atoms with Crippen molar-refractivity contribution in [3.63, 3.8) is 0 Å². The van der Waals surface area contributed by atoms with Gasteiger partial charge in [0.2, 0.25) is 0 Å². The third kappa shape index (κ3) is 1.83. The molecular formula is C20H13N3O3. The molecule has 0 unspecified atom stereocenters. The number of nitriles is 1. The molecule has 5 rings (SSSR count). The Morgan fingerprint density at radius 2 is 1.65 bits per heavy atom. The highest BCUT2D eigenvalue weighted by Crippen LogP contribution is 2.46. The number of rotatable bonds is 1. The lowest BCUT2D eigenvalue weighted by Gasteiger charge is -2.37. The van der Waals surface area contributed by atoms with Crippen molar-refractivity contribution in [2.45, 2.75) is 12.1 Å². The van der Waals surface area contributed by atoms with E-state index in [1.54, 1.807) is 35.4 Å². The molecule has 2 aromatic rings. The van der Waals surface area contributed by atoms with Crippen LogP contribution in [0.25, 0.3) is 0 Å². The van der Waals surface area contributed by atoms with Gasteiger partial charge in [0, 0.05) is 5.56 Å². The van der Waals surface area contributed by atoms with Gasteiger partial charge in [-0.15, -0.1) is 0 Å². The fourth-order valence-corrected chi connectivity index (χ4v) is 3.89. The lowest BCUT2D eigenvalue weighted by atomic mass is 9.97. The molecule has 0 aromatic heterocycles. The zero-order valence-corrected chi connectivity index (χ0v) is 13.6. The number of carbonyl (C=O) groups excluding carboxylic acids is 2. The van der Waals surface area contributed by atoms with Gasteiger partial charge in [-0.05, 0) is 29.8 Å². The van der Waals surface area contributed by atoms with Crippen LogP contribution in [-0.2, 0) is 0 Å². The maximum absolute atomic E-state index is 12.9. The first-order chi connectivity index (χ1) is 12.7. The average Bonchev–Trinajstić information content (AvgIpc) is 3.17. The maximum Gasteiger partial charge on any atom is 0.276 e. The van der Waals surface area contributed by atoms with Crippen molar-refractivity contribution >= 4 is 11.8 Å². The molecule has 0 N–H and O–H groups in total. The Hall–Kier alpha value is -3.43. The van der Waals surface area contributed by atoms with Crippen LogP contribution < -0.4 is 4.74 Å². The number of imide groups is 1. The predicted molar refractivity (Wildman–Crippen MR) is 90.9 cm³/mol. The Bertz CT molecular complexity index is 1000. The van der Waals surface area contributed by atoms with Crippen molar-refractivity contribution in [2.24, 2.45) is 0 Å². The summed E-state index contributed by atoms with van der Waals surface area (Å²) in [5.74, 6) is -0.0937. The largest absolute Gasteiger partial charge is 0.489 e. The summed E-state index contributed by atoms with van der Waals surface area (Å²) in [5.41, 5.74) is 2.46. The molecule has 0 radical (unpaired) electrons. The SMILES string of the molecule is N#C[C@@H]1C=C2COc3ccccc3[C@@H]2N1N1C(=O)c2ccccc2C1=O. The molecule has 2 atom stereocenters. The average molecular weight is 343 g/mol. The second kappa shape index (κ2) is 5.28. The van der Waals surface area contributed by atoms with E-state index < -0.39 is 17.9 Å². The summed E-state index contributed by atoms with van der Waals surface area (Å²) >= 11 is 0. The molecule has 26 heavy (non-hydrogen) atoms. The lowest BCUT2D eigenvalue weighted by Crippen LogP contribution is -2.50. The molecule has 0 bridgehead atoms. The van der Waals surface area contributed by atoms with Gasteiger partial charge in [0.05, 0.1) is 23.2 Å². The number of hydrogen-bond donors (Lipinski definition) is 0. The first kappa shape index (κ1) is 14.9. The molecule has 2 amide bonds. The first-order valence-electron chi connectivity index (χ1n) is 8.28. The van der Waals surface area contributed by atoms with Crippen LogP contribution in [0.2, 0.25) is 0 Å². The van der Waals surface area contributed by atoms with Gasteiger partial charge in [-0.1, -0.05) is 30.3 Å². The number of carbonyl (C=O) groups is 2. The van der Waals surface area contributed by atoms with Gasteiger partial charge in [0.15, 0.2) is 0 Å². The van der Waals surface area contributed by atoms with E-state index in [1.807, 2.05) is 24.3 Å². The van der Waals surface area contributed by atoms with Crippen LogP contribution in [0.5, 0.6) is 5.75 Å². The minimum Gasteiger partial charge on any atom is -0.489 e. The third-order valence-corrected chi connectivity index (χ3v) is 5.02. The molecule has 3 aliphatic heterocycles. The Kier molecular flexibility index (Phi) is 3.02. The van der Waals surface area contributed by atoms with Crippen molar-refractivity contribution < 1.29 is 14.3 Å². The van der Waals surface area contributed by atoms with Crippen molar-refractivity contribution in [3.05, 3.63) is 76.9 Å². The molecule has 0 spiro atoms. The van der Waals surface area contributed by atoms with Crippen LogP contribution in [0, 0.1) is 11.3 Å². The monoisotopic (exact) mass is 343 g/mol.